The van der Waals surface area contributed by atoms with Crippen LogP contribution in [0.2, 0.25) is 0 Å². The van der Waals surface area contributed by atoms with E-state index in [1.807, 2.05) is 49.7 Å². The highest BCUT2D eigenvalue weighted by Crippen LogP contribution is 2.36. The topological polar surface area (TPSA) is 78.8 Å². The molecule has 1 amide bonds. The lowest BCUT2D eigenvalue weighted by Crippen LogP contribution is -2.36. The molecule has 0 bridgehead atoms. The molecule has 1 N–H and O–H groups in total. The highest BCUT2D eigenvalue weighted by molar-refractivity contribution is 7.92. The molecule has 0 radical (unpaired) electrons. The van der Waals surface area contributed by atoms with Crippen molar-refractivity contribution < 1.29 is 13.2 Å². The van der Waals surface area contributed by atoms with Gasteiger partial charge in [-0.1, -0.05) is 32.9 Å². The Bertz CT molecular complexity index is 957. The van der Waals surface area contributed by atoms with Crippen LogP contribution in [0.25, 0.3) is 0 Å². The van der Waals surface area contributed by atoms with E-state index in [1.165, 1.54) is 0 Å². The number of carbonyl (C=O) groups is 1. The maximum Gasteiger partial charge on any atom is 0.248 e. The molecule has 8 heteroatoms. The van der Waals surface area contributed by atoms with Crippen molar-refractivity contribution in [2.24, 2.45) is 10.5 Å². The fraction of sp³-hybridized carbons (Fsp3) is 0.368. The van der Waals surface area contributed by atoms with Crippen LogP contribution in [-0.4, -0.2) is 31.3 Å². The van der Waals surface area contributed by atoms with Gasteiger partial charge in [0.15, 0.2) is 0 Å². The number of nitrogens with one attached hydrogen (secondary N) is 1. The molecule has 27 heavy (non-hydrogen) atoms. The first-order chi connectivity index (χ1) is 12.5. The zero-order chi connectivity index (χ0) is 19.8. The first kappa shape index (κ1) is 19.6. The minimum absolute atomic E-state index is 0.0240. The van der Waals surface area contributed by atoms with Crippen molar-refractivity contribution in [3.63, 3.8) is 0 Å². The molecule has 3 rings (SSSR count). The Balaban J connectivity index is 1.90. The van der Waals surface area contributed by atoms with Crippen LogP contribution < -0.4 is 4.72 Å². The van der Waals surface area contributed by atoms with E-state index < -0.39 is 15.4 Å². The van der Waals surface area contributed by atoms with E-state index in [2.05, 4.69) is 9.82 Å². The van der Waals surface area contributed by atoms with Crippen LogP contribution in [0.5, 0.6) is 0 Å². The fourth-order valence-corrected chi connectivity index (χ4v) is 4.16. The normalized spacial score (nSPS) is 17.7. The summed E-state index contributed by atoms with van der Waals surface area (Å²) in [4.78, 5) is 12.9. The maximum absolute atomic E-state index is 12.9. The van der Waals surface area contributed by atoms with Crippen LogP contribution in [-0.2, 0) is 14.8 Å². The lowest BCUT2D eigenvalue weighted by molar-refractivity contribution is -0.141. The van der Waals surface area contributed by atoms with E-state index in [0.29, 0.717) is 12.1 Å². The Labute approximate surface area is 164 Å². The molecule has 0 saturated carbocycles. The van der Waals surface area contributed by atoms with Gasteiger partial charge in [-0.05, 0) is 40.1 Å². The summed E-state index contributed by atoms with van der Waals surface area (Å²) in [7, 11) is -3.32. The number of hydrazone groups is 1. The van der Waals surface area contributed by atoms with Crippen LogP contribution in [0.3, 0.4) is 0 Å². The van der Waals surface area contributed by atoms with Gasteiger partial charge in [0.2, 0.25) is 15.9 Å². The molecule has 6 nitrogen and oxygen atoms in total. The molecule has 144 valence electrons. The lowest BCUT2D eigenvalue weighted by Gasteiger charge is -2.27. The molecular formula is C19H23N3O3S2. The molecule has 1 aliphatic heterocycles. The predicted molar refractivity (Wildman–Crippen MR) is 109 cm³/mol. The van der Waals surface area contributed by atoms with Crippen molar-refractivity contribution in [2.75, 3.05) is 11.0 Å². The molecule has 0 fully saturated rings. The molecule has 1 atom stereocenters. The summed E-state index contributed by atoms with van der Waals surface area (Å²) < 4.78 is 25.1. The first-order valence-corrected chi connectivity index (χ1v) is 11.4. The molecule has 1 aromatic heterocycles. The van der Waals surface area contributed by atoms with Gasteiger partial charge in [0.1, 0.15) is 0 Å². The Hall–Kier alpha value is -2.19. The number of rotatable bonds is 4. The van der Waals surface area contributed by atoms with Gasteiger partial charge in [-0.3, -0.25) is 9.52 Å². The third kappa shape index (κ3) is 4.56. The van der Waals surface area contributed by atoms with E-state index in [0.717, 1.165) is 23.1 Å². The van der Waals surface area contributed by atoms with Crippen LogP contribution in [0.1, 0.15) is 44.4 Å². The minimum Gasteiger partial charge on any atom is -0.284 e. The van der Waals surface area contributed by atoms with Gasteiger partial charge < -0.3 is 0 Å². The maximum atomic E-state index is 12.9. The Kier molecular flexibility index (Phi) is 5.14. The summed E-state index contributed by atoms with van der Waals surface area (Å²) in [6, 6.07) is 8.95. The molecule has 1 aromatic carbocycles. The Morgan fingerprint density at radius 1 is 1.22 bits per heavy atom. The van der Waals surface area contributed by atoms with Crippen LogP contribution in [0, 0.1) is 5.41 Å². The lowest BCUT2D eigenvalue weighted by atomic mass is 9.93. The Morgan fingerprint density at radius 3 is 2.41 bits per heavy atom. The predicted octanol–water partition coefficient (Wildman–Crippen LogP) is 3.84. The van der Waals surface area contributed by atoms with Gasteiger partial charge >= 0.3 is 0 Å². The molecule has 0 spiro atoms. The van der Waals surface area contributed by atoms with E-state index in [-0.39, 0.29) is 11.9 Å². The summed E-state index contributed by atoms with van der Waals surface area (Å²) >= 11 is 1.60. The number of carbonyl (C=O) groups excluding carboxylic acids is 1. The van der Waals surface area contributed by atoms with Crippen molar-refractivity contribution in [3.8, 4) is 0 Å². The van der Waals surface area contributed by atoms with Gasteiger partial charge in [0.25, 0.3) is 0 Å². The second-order valence-corrected chi connectivity index (χ2v) is 10.2. The molecule has 2 aromatic rings. The van der Waals surface area contributed by atoms with Crippen molar-refractivity contribution in [1.29, 1.82) is 0 Å². The SMILES string of the molecule is CC(C)(C)C(=O)N1N=C(c2ccc(NS(C)(=O)=O)cc2)CC1c1ccsc1. The summed E-state index contributed by atoms with van der Waals surface area (Å²) in [5.74, 6) is -0.0240. The number of thiophene rings is 1. The van der Waals surface area contributed by atoms with E-state index >= 15 is 0 Å². The first-order valence-electron chi connectivity index (χ1n) is 8.56. The number of benzene rings is 1. The molecule has 0 saturated heterocycles. The molecular weight excluding hydrogens is 382 g/mol. The number of hydrogen-bond donors (Lipinski definition) is 1. The van der Waals surface area contributed by atoms with Crippen LogP contribution >= 0.6 is 11.3 Å². The summed E-state index contributed by atoms with van der Waals surface area (Å²) in [5, 5.41) is 10.3. The van der Waals surface area contributed by atoms with Gasteiger partial charge in [0.05, 0.1) is 18.0 Å². The smallest absolute Gasteiger partial charge is 0.248 e. The molecule has 1 unspecified atom stereocenters. The largest absolute Gasteiger partial charge is 0.284 e. The van der Waals surface area contributed by atoms with Crippen molar-refractivity contribution in [2.45, 2.75) is 33.2 Å². The standard InChI is InChI=1S/C19H23N3O3S2/c1-19(2,3)18(23)22-17(14-9-10-26-12-14)11-16(20-22)13-5-7-15(8-6-13)21-27(4,24)25/h5-10,12,17,21H,11H2,1-4H3. The minimum atomic E-state index is -3.32. The highest BCUT2D eigenvalue weighted by Gasteiger charge is 2.38. The summed E-state index contributed by atoms with van der Waals surface area (Å²) in [6.07, 6.45) is 1.74. The van der Waals surface area contributed by atoms with Crippen molar-refractivity contribution >= 4 is 38.7 Å². The van der Waals surface area contributed by atoms with Crippen LogP contribution in [0.4, 0.5) is 5.69 Å². The molecule has 0 aliphatic carbocycles. The monoisotopic (exact) mass is 405 g/mol. The third-order valence-electron chi connectivity index (χ3n) is 4.21. The van der Waals surface area contributed by atoms with E-state index in [4.69, 9.17) is 0 Å². The average Bonchev–Trinajstić information content (AvgIpc) is 3.21. The van der Waals surface area contributed by atoms with Crippen LogP contribution in [0.15, 0.2) is 46.2 Å². The van der Waals surface area contributed by atoms with Gasteiger partial charge in [0, 0.05) is 17.5 Å². The number of anilines is 1. The zero-order valence-electron chi connectivity index (χ0n) is 15.8. The molecule has 1 aliphatic rings. The number of amides is 1. The number of sulfonamides is 1. The summed E-state index contributed by atoms with van der Waals surface area (Å²) in [6.45, 7) is 5.66. The second kappa shape index (κ2) is 7.09. The van der Waals surface area contributed by atoms with Gasteiger partial charge in [-0.25, -0.2) is 13.4 Å². The van der Waals surface area contributed by atoms with Gasteiger partial charge in [-0.2, -0.15) is 16.4 Å². The second-order valence-electron chi connectivity index (χ2n) is 7.67. The fourth-order valence-electron chi connectivity index (χ4n) is 2.88. The highest BCUT2D eigenvalue weighted by atomic mass is 32.2. The van der Waals surface area contributed by atoms with Crippen molar-refractivity contribution in [3.05, 3.63) is 52.2 Å². The molecule has 2 heterocycles. The quantitative estimate of drug-likeness (QED) is 0.839. The Morgan fingerprint density at radius 2 is 1.89 bits per heavy atom. The number of hydrogen-bond acceptors (Lipinski definition) is 5. The number of nitrogens with zero attached hydrogens (tertiary/aromatic N) is 2. The summed E-state index contributed by atoms with van der Waals surface area (Å²) in [5.41, 5.74) is 2.73. The van der Waals surface area contributed by atoms with Gasteiger partial charge in [-0.15, -0.1) is 0 Å². The zero-order valence-corrected chi connectivity index (χ0v) is 17.4. The average molecular weight is 406 g/mol. The van der Waals surface area contributed by atoms with E-state index in [1.54, 1.807) is 28.5 Å². The van der Waals surface area contributed by atoms with Crippen molar-refractivity contribution in [1.82, 2.24) is 5.01 Å². The third-order valence-corrected chi connectivity index (χ3v) is 5.52. The van der Waals surface area contributed by atoms with E-state index in [9.17, 15) is 13.2 Å².